The normalized spacial score (nSPS) is 17.3. The molecule has 2 heterocycles. The van der Waals surface area contributed by atoms with Crippen LogP contribution in [-0.4, -0.2) is 50.6 Å². The molecule has 5 heteroatoms. The molecular weight excluding hydrogens is 222 g/mol. The number of carbonyl (C=O) groups is 1. The second-order valence-electron chi connectivity index (χ2n) is 3.93. The average Bonchev–Trinajstić information content (AvgIpc) is 2.83. The monoisotopic (exact) mass is 239 g/mol. The summed E-state index contributed by atoms with van der Waals surface area (Å²) >= 11 is 1.60. The van der Waals surface area contributed by atoms with Crippen molar-refractivity contribution in [3.05, 3.63) is 17.5 Å². The van der Waals surface area contributed by atoms with Gasteiger partial charge in [0, 0.05) is 33.2 Å². The van der Waals surface area contributed by atoms with Crippen LogP contribution in [-0.2, 0) is 4.79 Å². The number of thiophene rings is 1. The van der Waals surface area contributed by atoms with Gasteiger partial charge in [-0.2, -0.15) is 0 Å². The van der Waals surface area contributed by atoms with Crippen molar-refractivity contribution in [3.8, 4) is 0 Å². The number of rotatable bonds is 3. The molecule has 88 valence electrons. The molecule has 1 N–H and O–H groups in total. The van der Waals surface area contributed by atoms with Gasteiger partial charge < -0.3 is 10.2 Å². The Bertz CT molecular complexity index is 333. The van der Waals surface area contributed by atoms with Crippen molar-refractivity contribution in [2.75, 3.05) is 44.7 Å². The van der Waals surface area contributed by atoms with Gasteiger partial charge in [-0.05, 0) is 17.5 Å². The fourth-order valence-corrected chi connectivity index (χ4v) is 2.46. The van der Waals surface area contributed by atoms with Crippen LogP contribution in [0.3, 0.4) is 0 Å². The summed E-state index contributed by atoms with van der Waals surface area (Å²) in [5.74, 6) is 0.171. The van der Waals surface area contributed by atoms with E-state index in [1.807, 2.05) is 24.6 Å². The molecule has 0 spiro atoms. The van der Waals surface area contributed by atoms with Crippen LogP contribution < -0.4 is 10.2 Å². The lowest BCUT2D eigenvalue weighted by atomic mass is 10.3. The molecule has 0 unspecified atom stereocenters. The molecule has 0 radical (unpaired) electrons. The minimum Gasteiger partial charge on any atom is -0.314 e. The van der Waals surface area contributed by atoms with Gasteiger partial charge in [0.05, 0.1) is 11.5 Å². The summed E-state index contributed by atoms with van der Waals surface area (Å²) in [6.07, 6.45) is 0. The molecule has 1 aliphatic rings. The number of carbonyl (C=O) groups excluding carboxylic acids is 1. The van der Waals surface area contributed by atoms with E-state index in [2.05, 4.69) is 10.2 Å². The molecule has 1 aliphatic heterocycles. The predicted molar refractivity (Wildman–Crippen MR) is 67.0 cm³/mol. The summed E-state index contributed by atoms with van der Waals surface area (Å²) in [4.78, 5) is 15.9. The van der Waals surface area contributed by atoms with Crippen LogP contribution in [0, 0.1) is 0 Å². The SMILES string of the molecule is CN(C(=O)CN1CCNCC1)c1cccs1. The van der Waals surface area contributed by atoms with Crippen molar-refractivity contribution in [2.45, 2.75) is 0 Å². The van der Waals surface area contributed by atoms with Gasteiger partial charge in [-0.15, -0.1) is 11.3 Å². The largest absolute Gasteiger partial charge is 0.314 e. The fourth-order valence-electron chi connectivity index (χ4n) is 1.75. The molecule has 2 rings (SSSR count). The topological polar surface area (TPSA) is 35.6 Å². The molecule has 1 saturated heterocycles. The Morgan fingerprint density at radius 2 is 2.31 bits per heavy atom. The van der Waals surface area contributed by atoms with Gasteiger partial charge in [-0.25, -0.2) is 0 Å². The zero-order valence-electron chi connectivity index (χ0n) is 9.48. The average molecular weight is 239 g/mol. The maximum atomic E-state index is 12.0. The van der Waals surface area contributed by atoms with E-state index >= 15 is 0 Å². The number of hydrogen-bond acceptors (Lipinski definition) is 4. The standard InChI is InChI=1S/C11H17N3OS/c1-13(11-3-2-8-16-11)10(15)9-14-6-4-12-5-7-14/h2-3,8,12H,4-7,9H2,1H3. The summed E-state index contributed by atoms with van der Waals surface area (Å²) in [5.41, 5.74) is 0. The number of piperazine rings is 1. The molecule has 1 aromatic rings. The minimum atomic E-state index is 0.171. The molecule has 16 heavy (non-hydrogen) atoms. The Morgan fingerprint density at radius 3 is 2.94 bits per heavy atom. The van der Waals surface area contributed by atoms with Crippen LogP contribution in [0.15, 0.2) is 17.5 Å². The fraction of sp³-hybridized carbons (Fsp3) is 0.545. The third-order valence-corrected chi connectivity index (χ3v) is 3.72. The zero-order valence-corrected chi connectivity index (χ0v) is 10.3. The maximum absolute atomic E-state index is 12.0. The highest BCUT2D eigenvalue weighted by Crippen LogP contribution is 2.19. The molecule has 1 aromatic heterocycles. The predicted octanol–water partition coefficient (Wildman–Crippen LogP) is 0.616. The van der Waals surface area contributed by atoms with Crippen molar-refractivity contribution < 1.29 is 4.79 Å². The first kappa shape index (κ1) is 11.6. The highest BCUT2D eigenvalue weighted by Gasteiger charge is 2.17. The van der Waals surface area contributed by atoms with E-state index in [9.17, 15) is 4.79 Å². The number of nitrogens with zero attached hydrogens (tertiary/aromatic N) is 2. The highest BCUT2D eigenvalue weighted by atomic mass is 32.1. The highest BCUT2D eigenvalue weighted by molar-refractivity contribution is 7.14. The van der Waals surface area contributed by atoms with Crippen molar-refractivity contribution in [1.82, 2.24) is 10.2 Å². The van der Waals surface area contributed by atoms with Gasteiger partial charge >= 0.3 is 0 Å². The number of nitrogens with one attached hydrogen (secondary N) is 1. The van der Waals surface area contributed by atoms with E-state index in [4.69, 9.17) is 0 Å². The molecular formula is C11H17N3OS. The number of anilines is 1. The quantitative estimate of drug-likeness (QED) is 0.840. The second-order valence-corrected chi connectivity index (χ2v) is 4.86. The summed E-state index contributed by atoms with van der Waals surface area (Å²) in [6.45, 7) is 4.41. The molecule has 0 saturated carbocycles. The summed E-state index contributed by atoms with van der Waals surface area (Å²) in [6, 6.07) is 3.94. The molecule has 0 bridgehead atoms. The third kappa shape index (κ3) is 2.81. The zero-order chi connectivity index (χ0) is 11.4. The van der Waals surface area contributed by atoms with E-state index in [1.54, 1.807) is 16.2 Å². The Hall–Kier alpha value is -0.910. The third-order valence-electron chi connectivity index (χ3n) is 2.78. The summed E-state index contributed by atoms with van der Waals surface area (Å²) in [7, 11) is 1.84. The number of amides is 1. The van der Waals surface area contributed by atoms with Crippen molar-refractivity contribution >= 4 is 22.2 Å². The van der Waals surface area contributed by atoms with Crippen molar-refractivity contribution in [1.29, 1.82) is 0 Å². The van der Waals surface area contributed by atoms with E-state index in [-0.39, 0.29) is 5.91 Å². The van der Waals surface area contributed by atoms with Crippen LogP contribution >= 0.6 is 11.3 Å². The van der Waals surface area contributed by atoms with Crippen LogP contribution in [0.25, 0.3) is 0 Å². The Kier molecular flexibility index (Phi) is 3.93. The van der Waals surface area contributed by atoms with Gasteiger partial charge in [0.25, 0.3) is 0 Å². The lowest BCUT2D eigenvalue weighted by molar-refractivity contribution is -0.119. The van der Waals surface area contributed by atoms with E-state index in [0.29, 0.717) is 6.54 Å². The number of hydrogen-bond donors (Lipinski definition) is 1. The van der Waals surface area contributed by atoms with Crippen LogP contribution in [0.4, 0.5) is 5.00 Å². The molecule has 1 amide bonds. The Labute approximate surface area is 99.9 Å². The van der Waals surface area contributed by atoms with Crippen molar-refractivity contribution in [3.63, 3.8) is 0 Å². The lowest BCUT2D eigenvalue weighted by Gasteiger charge is -2.28. The Morgan fingerprint density at radius 1 is 1.56 bits per heavy atom. The van der Waals surface area contributed by atoms with E-state index in [0.717, 1.165) is 31.2 Å². The van der Waals surface area contributed by atoms with E-state index < -0.39 is 0 Å². The number of likely N-dealkylation sites (N-methyl/N-ethyl adjacent to an activating group) is 1. The smallest absolute Gasteiger partial charge is 0.241 e. The molecule has 1 fully saturated rings. The molecule has 4 nitrogen and oxygen atoms in total. The van der Waals surface area contributed by atoms with Crippen molar-refractivity contribution in [2.24, 2.45) is 0 Å². The minimum absolute atomic E-state index is 0.171. The van der Waals surface area contributed by atoms with Crippen LogP contribution in [0.1, 0.15) is 0 Å². The van der Waals surface area contributed by atoms with Gasteiger partial charge in [0.15, 0.2) is 0 Å². The van der Waals surface area contributed by atoms with Gasteiger partial charge in [-0.3, -0.25) is 9.69 Å². The van der Waals surface area contributed by atoms with Gasteiger partial charge in [0.1, 0.15) is 0 Å². The summed E-state index contributed by atoms with van der Waals surface area (Å²) in [5, 5.41) is 6.28. The Balaban J connectivity index is 1.87. The lowest BCUT2D eigenvalue weighted by Crippen LogP contribution is -2.47. The molecule has 0 aliphatic carbocycles. The van der Waals surface area contributed by atoms with Crippen LogP contribution in [0.5, 0.6) is 0 Å². The first-order chi connectivity index (χ1) is 7.77. The maximum Gasteiger partial charge on any atom is 0.241 e. The molecule has 0 atom stereocenters. The van der Waals surface area contributed by atoms with Gasteiger partial charge in [-0.1, -0.05) is 0 Å². The van der Waals surface area contributed by atoms with Gasteiger partial charge in [0.2, 0.25) is 5.91 Å². The molecule has 0 aromatic carbocycles. The summed E-state index contributed by atoms with van der Waals surface area (Å²) < 4.78 is 0. The van der Waals surface area contributed by atoms with Crippen LogP contribution in [0.2, 0.25) is 0 Å². The second kappa shape index (κ2) is 5.43. The van der Waals surface area contributed by atoms with E-state index in [1.165, 1.54) is 0 Å². The first-order valence-corrected chi connectivity index (χ1v) is 6.38. The first-order valence-electron chi connectivity index (χ1n) is 5.50.